The molecular formula is C19H21NO3. The minimum Gasteiger partial charge on any atom is -0.459 e. The van der Waals surface area contributed by atoms with Crippen molar-refractivity contribution in [2.45, 2.75) is 57.6 Å². The molecule has 1 aromatic carbocycles. The molecule has 120 valence electrons. The molecule has 1 aliphatic carbocycles. The van der Waals surface area contributed by atoms with Crippen molar-refractivity contribution < 1.29 is 9.53 Å². The number of ether oxygens (including phenoxy) is 1. The Hall–Kier alpha value is -2.10. The van der Waals surface area contributed by atoms with Crippen LogP contribution in [0, 0.1) is 0 Å². The molecule has 2 atom stereocenters. The second-order valence-electron chi connectivity index (χ2n) is 6.93. The van der Waals surface area contributed by atoms with Crippen molar-refractivity contribution in [3.63, 3.8) is 0 Å². The smallest absolute Gasteiger partial charge is 0.343 e. The van der Waals surface area contributed by atoms with Gasteiger partial charge in [0, 0.05) is 23.5 Å². The van der Waals surface area contributed by atoms with Gasteiger partial charge in [-0.3, -0.25) is 4.79 Å². The quantitative estimate of drug-likeness (QED) is 0.793. The van der Waals surface area contributed by atoms with Gasteiger partial charge in [-0.1, -0.05) is 25.0 Å². The molecule has 4 rings (SSSR count). The molecular weight excluding hydrogens is 290 g/mol. The van der Waals surface area contributed by atoms with Crippen LogP contribution in [0.4, 0.5) is 0 Å². The molecule has 1 aliphatic heterocycles. The zero-order valence-corrected chi connectivity index (χ0v) is 13.5. The van der Waals surface area contributed by atoms with Crippen LogP contribution in [-0.4, -0.2) is 16.6 Å². The lowest BCUT2D eigenvalue weighted by Crippen LogP contribution is -2.23. The molecule has 4 heteroatoms. The maximum Gasteiger partial charge on any atom is 0.343 e. The molecule has 0 saturated heterocycles. The minimum atomic E-state index is -0.514. The predicted octanol–water partition coefficient (Wildman–Crippen LogP) is 3.78. The number of esters is 1. The van der Waals surface area contributed by atoms with Gasteiger partial charge in [0.2, 0.25) is 5.43 Å². The Balaban J connectivity index is 1.95. The van der Waals surface area contributed by atoms with Gasteiger partial charge in [0.15, 0.2) is 0 Å². The van der Waals surface area contributed by atoms with Crippen LogP contribution < -0.4 is 5.43 Å². The zero-order valence-electron chi connectivity index (χ0n) is 13.5. The number of para-hydroxylation sites is 1. The van der Waals surface area contributed by atoms with Crippen LogP contribution >= 0.6 is 0 Å². The van der Waals surface area contributed by atoms with Crippen LogP contribution in [0.3, 0.4) is 0 Å². The molecule has 2 aromatic rings. The van der Waals surface area contributed by atoms with Crippen molar-refractivity contribution in [1.82, 2.24) is 4.57 Å². The third kappa shape index (κ3) is 2.12. The van der Waals surface area contributed by atoms with E-state index in [4.69, 9.17) is 4.74 Å². The number of benzene rings is 1. The number of hydrogen-bond acceptors (Lipinski definition) is 3. The number of pyridine rings is 1. The lowest BCUT2D eigenvalue weighted by Gasteiger charge is -2.27. The van der Waals surface area contributed by atoms with Gasteiger partial charge in [-0.15, -0.1) is 0 Å². The van der Waals surface area contributed by atoms with E-state index < -0.39 is 5.97 Å². The van der Waals surface area contributed by atoms with Gasteiger partial charge in [-0.25, -0.2) is 4.79 Å². The average Bonchev–Trinajstić information content (AvgIpc) is 2.85. The second kappa shape index (κ2) is 5.22. The molecule has 1 aromatic heterocycles. The summed E-state index contributed by atoms with van der Waals surface area (Å²) in [7, 11) is 0. The van der Waals surface area contributed by atoms with Crippen molar-refractivity contribution in [3.05, 3.63) is 45.7 Å². The van der Waals surface area contributed by atoms with Crippen molar-refractivity contribution in [3.8, 4) is 0 Å². The van der Waals surface area contributed by atoms with E-state index in [-0.39, 0.29) is 17.1 Å². The Bertz CT molecular complexity index is 850. The highest BCUT2D eigenvalue weighted by molar-refractivity contribution is 5.95. The van der Waals surface area contributed by atoms with Crippen molar-refractivity contribution in [1.29, 1.82) is 0 Å². The molecule has 0 radical (unpaired) electrons. The molecule has 2 heterocycles. The standard InChI is InChI=1S/C19H21NO3/c1-11(2)23-19(22)15-10-20-16-9-4-3-6-12(16)13-7-5-8-14(17(13)20)18(15)21/h5,7-8,10-12,16H,3-4,6,9H2,1-2H3. The van der Waals surface area contributed by atoms with Gasteiger partial charge in [0.1, 0.15) is 5.56 Å². The van der Waals surface area contributed by atoms with E-state index in [0.29, 0.717) is 17.3 Å². The van der Waals surface area contributed by atoms with Crippen LogP contribution in [0.1, 0.15) is 67.4 Å². The monoisotopic (exact) mass is 311 g/mol. The molecule has 2 aliphatic rings. The Morgan fingerprint density at radius 3 is 2.83 bits per heavy atom. The normalized spacial score (nSPS) is 22.4. The number of carbonyl (C=O) groups is 1. The highest BCUT2D eigenvalue weighted by Gasteiger charge is 2.36. The first-order valence-corrected chi connectivity index (χ1v) is 8.46. The fourth-order valence-corrected chi connectivity index (χ4v) is 4.23. The molecule has 4 nitrogen and oxygen atoms in total. The summed E-state index contributed by atoms with van der Waals surface area (Å²) >= 11 is 0. The third-order valence-electron chi connectivity index (χ3n) is 5.13. The van der Waals surface area contributed by atoms with Crippen LogP contribution in [0.5, 0.6) is 0 Å². The number of nitrogens with zero attached hydrogens (tertiary/aromatic N) is 1. The van der Waals surface area contributed by atoms with Gasteiger partial charge in [0.25, 0.3) is 0 Å². The number of carbonyl (C=O) groups excluding carboxylic acids is 1. The first-order chi connectivity index (χ1) is 11.1. The van der Waals surface area contributed by atoms with Crippen LogP contribution in [0.15, 0.2) is 29.2 Å². The maximum absolute atomic E-state index is 12.8. The summed E-state index contributed by atoms with van der Waals surface area (Å²) in [5, 5.41) is 0.648. The summed E-state index contributed by atoms with van der Waals surface area (Å²) in [5.74, 6) is -0.0384. The average molecular weight is 311 g/mol. The molecule has 23 heavy (non-hydrogen) atoms. The van der Waals surface area contributed by atoms with Gasteiger partial charge in [0.05, 0.1) is 11.6 Å². The minimum absolute atomic E-state index is 0.162. The first-order valence-electron chi connectivity index (χ1n) is 8.46. The summed E-state index contributed by atoms with van der Waals surface area (Å²) < 4.78 is 7.44. The summed E-state index contributed by atoms with van der Waals surface area (Å²) in [4.78, 5) is 25.1. The third-order valence-corrected chi connectivity index (χ3v) is 5.13. The molecule has 0 bridgehead atoms. The molecule has 0 N–H and O–H groups in total. The Labute approximate surface area is 135 Å². The predicted molar refractivity (Wildman–Crippen MR) is 89.0 cm³/mol. The van der Waals surface area contributed by atoms with Gasteiger partial charge >= 0.3 is 5.97 Å². The summed E-state index contributed by atoms with van der Waals surface area (Å²) in [6.07, 6.45) is 6.22. The fraction of sp³-hybridized carbons (Fsp3) is 0.474. The number of hydrogen-bond donors (Lipinski definition) is 0. The van der Waals surface area contributed by atoms with E-state index in [2.05, 4.69) is 10.6 Å². The topological polar surface area (TPSA) is 48.3 Å². The van der Waals surface area contributed by atoms with E-state index in [1.165, 1.54) is 18.4 Å². The van der Waals surface area contributed by atoms with Gasteiger partial charge < -0.3 is 9.30 Å². The van der Waals surface area contributed by atoms with E-state index >= 15 is 0 Å². The lowest BCUT2D eigenvalue weighted by molar-refractivity contribution is 0.0375. The number of fused-ring (bicyclic) bond motifs is 3. The van der Waals surface area contributed by atoms with E-state index in [0.717, 1.165) is 18.4 Å². The first kappa shape index (κ1) is 14.5. The highest BCUT2D eigenvalue weighted by Crippen LogP contribution is 2.48. The molecule has 1 saturated carbocycles. The summed E-state index contributed by atoms with van der Waals surface area (Å²) in [6, 6.07) is 6.29. The van der Waals surface area contributed by atoms with E-state index in [9.17, 15) is 9.59 Å². The van der Waals surface area contributed by atoms with Crippen molar-refractivity contribution in [2.75, 3.05) is 0 Å². The molecule has 0 amide bonds. The van der Waals surface area contributed by atoms with E-state index in [1.807, 2.05) is 12.1 Å². The molecule has 0 spiro atoms. The summed E-state index contributed by atoms with van der Waals surface area (Å²) in [5.41, 5.74) is 2.25. The van der Waals surface area contributed by atoms with Gasteiger partial charge in [-0.05, 0) is 38.3 Å². The van der Waals surface area contributed by atoms with Crippen molar-refractivity contribution in [2.24, 2.45) is 0 Å². The van der Waals surface area contributed by atoms with Gasteiger partial charge in [-0.2, -0.15) is 0 Å². The van der Waals surface area contributed by atoms with Crippen molar-refractivity contribution >= 4 is 16.9 Å². The lowest BCUT2D eigenvalue weighted by atomic mass is 9.82. The zero-order chi connectivity index (χ0) is 16.1. The van der Waals surface area contributed by atoms with Crippen LogP contribution in [0.2, 0.25) is 0 Å². The Morgan fingerprint density at radius 2 is 2.04 bits per heavy atom. The molecule has 2 unspecified atom stereocenters. The SMILES string of the molecule is CC(C)OC(=O)c1cn2c3c(cccc3c1=O)C1CCCCC12. The molecule has 1 fully saturated rings. The Kier molecular flexibility index (Phi) is 3.29. The second-order valence-corrected chi connectivity index (χ2v) is 6.93. The van der Waals surface area contributed by atoms with Crippen LogP contribution in [-0.2, 0) is 4.74 Å². The highest BCUT2D eigenvalue weighted by atomic mass is 16.5. The number of rotatable bonds is 2. The maximum atomic E-state index is 12.8. The Morgan fingerprint density at radius 1 is 1.26 bits per heavy atom. The fourth-order valence-electron chi connectivity index (χ4n) is 4.23. The summed E-state index contributed by atoms with van der Waals surface area (Å²) in [6.45, 7) is 3.59. The van der Waals surface area contributed by atoms with E-state index in [1.54, 1.807) is 20.0 Å². The number of aromatic nitrogens is 1. The largest absolute Gasteiger partial charge is 0.459 e. The van der Waals surface area contributed by atoms with Crippen LogP contribution in [0.25, 0.3) is 10.9 Å².